The highest BCUT2D eigenvalue weighted by molar-refractivity contribution is 7.18. The van der Waals surface area contributed by atoms with Crippen LogP contribution in [0.15, 0.2) is 48.5 Å². The van der Waals surface area contributed by atoms with Gasteiger partial charge in [-0.2, -0.15) is 4.57 Å². The molecule has 0 radical (unpaired) electrons. The van der Waals surface area contributed by atoms with Crippen molar-refractivity contribution in [3.05, 3.63) is 53.5 Å². The van der Waals surface area contributed by atoms with Crippen LogP contribution in [0.1, 0.15) is 17.8 Å². The van der Waals surface area contributed by atoms with Crippen LogP contribution in [0.2, 0.25) is 0 Å². The molecule has 0 aliphatic heterocycles. The molecule has 0 aliphatic rings. The van der Waals surface area contributed by atoms with E-state index in [9.17, 15) is 4.79 Å². The lowest BCUT2D eigenvalue weighted by Crippen LogP contribution is -2.35. The third kappa shape index (κ3) is 3.02. The Labute approximate surface area is 133 Å². The smallest absolute Gasteiger partial charge is 0.303 e. The standard InChI is InChI=1S/C18H17NO2S/c1-13-19(11-5-8-18(20)21)16-12-15(9-10-17(16)22-13)14-6-3-2-4-7-14/h2-4,6-7,9-10,12H,5,8,11H2,1H3/p+1. The van der Waals surface area contributed by atoms with Crippen molar-refractivity contribution in [1.29, 1.82) is 0 Å². The van der Waals surface area contributed by atoms with Gasteiger partial charge in [0.15, 0.2) is 6.54 Å². The lowest BCUT2D eigenvalue weighted by molar-refractivity contribution is -0.673. The summed E-state index contributed by atoms with van der Waals surface area (Å²) in [6.45, 7) is 2.84. The third-order valence-electron chi connectivity index (χ3n) is 3.77. The van der Waals surface area contributed by atoms with Crippen LogP contribution < -0.4 is 4.57 Å². The topological polar surface area (TPSA) is 41.2 Å². The minimum atomic E-state index is -0.734. The molecule has 0 aliphatic carbocycles. The maximum absolute atomic E-state index is 10.7. The van der Waals surface area contributed by atoms with Gasteiger partial charge in [0.05, 0.1) is 6.42 Å². The van der Waals surface area contributed by atoms with Gasteiger partial charge in [0, 0.05) is 19.4 Å². The summed E-state index contributed by atoms with van der Waals surface area (Å²) in [5, 5.41) is 10.0. The Kier molecular flexibility index (Phi) is 4.20. The zero-order valence-corrected chi connectivity index (χ0v) is 13.3. The Hall–Kier alpha value is -2.20. The van der Waals surface area contributed by atoms with Crippen molar-refractivity contribution in [2.24, 2.45) is 0 Å². The average molecular weight is 312 g/mol. The summed E-state index contributed by atoms with van der Waals surface area (Å²) in [5.74, 6) is -0.734. The van der Waals surface area contributed by atoms with Gasteiger partial charge in [-0.25, -0.2) is 0 Å². The Morgan fingerprint density at radius 3 is 2.64 bits per heavy atom. The predicted octanol–water partition coefficient (Wildman–Crippen LogP) is 4.03. The summed E-state index contributed by atoms with van der Waals surface area (Å²) >= 11 is 1.76. The zero-order valence-electron chi connectivity index (χ0n) is 12.5. The first-order chi connectivity index (χ1) is 10.6. The Morgan fingerprint density at radius 1 is 1.14 bits per heavy atom. The number of aromatic nitrogens is 1. The van der Waals surface area contributed by atoms with Crippen LogP contribution in [-0.4, -0.2) is 11.1 Å². The number of hydrogen-bond acceptors (Lipinski definition) is 2. The molecule has 1 N–H and O–H groups in total. The second-order valence-electron chi connectivity index (χ2n) is 5.32. The first-order valence-electron chi connectivity index (χ1n) is 7.35. The lowest BCUT2D eigenvalue weighted by Gasteiger charge is -2.01. The highest BCUT2D eigenvalue weighted by Crippen LogP contribution is 2.26. The van der Waals surface area contributed by atoms with Crippen LogP contribution in [0.4, 0.5) is 0 Å². The fraction of sp³-hybridized carbons (Fsp3) is 0.222. The van der Waals surface area contributed by atoms with E-state index in [1.807, 2.05) is 18.2 Å². The highest BCUT2D eigenvalue weighted by Gasteiger charge is 2.18. The zero-order chi connectivity index (χ0) is 15.5. The van der Waals surface area contributed by atoms with Gasteiger partial charge < -0.3 is 5.11 Å². The molecule has 3 rings (SSSR count). The molecule has 0 saturated heterocycles. The fourth-order valence-electron chi connectivity index (χ4n) is 2.67. The van der Waals surface area contributed by atoms with E-state index >= 15 is 0 Å². The predicted molar refractivity (Wildman–Crippen MR) is 89.1 cm³/mol. The number of aryl methyl sites for hydroxylation is 2. The SMILES string of the molecule is Cc1sc2ccc(-c3ccccc3)cc2[n+]1CCCC(=O)O. The summed E-state index contributed by atoms with van der Waals surface area (Å²) in [7, 11) is 0. The Bertz CT molecular complexity index is 809. The number of carboxylic acid groups (broad SMARTS) is 1. The number of fused-ring (bicyclic) bond motifs is 1. The molecular weight excluding hydrogens is 294 g/mol. The van der Waals surface area contributed by atoms with Gasteiger partial charge in [-0.05, 0) is 17.2 Å². The molecule has 22 heavy (non-hydrogen) atoms. The number of aliphatic carboxylic acids is 1. The van der Waals surface area contributed by atoms with E-state index in [0.29, 0.717) is 6.42 Å². The van der Waals surface area contributed by atoms with Crippen LogP contribution in [0.25, 0.3) is 21.3 Å². The molecular formula is C18H18NO2S+. The van der Waals surface area contributed by atoms with Crippen LogP contribution in [0, 0.1) is 6.92 Å². The van der Waals surface area contributed by atoms with Crippen LogP contribution in [-0.2, 0) is 11.3 Å². The van der Waals surface area contributed by atoms with Gasteiger partial charge in [0.25, 0.3) is 0 Å². The van der Waals surface area contributed by atoms with Gasteiger partial charge >= 0.3 is 5.97 Å². The first-order valence-corrected chi connectivity index (χ1v) is 8.17. The number of carboxylic acids is 1. The third-order valence-corrected chi connectivity index (χ3v) is 4.85. The Balaban J connectivity index is 1.97. The summed E-state index contributed by atoms with van der Waals surface area (Å²) in [4.78, 5) is 10.7. The van der Waals surface area contributed by atoms with Gasteiger partial charge in [0.1, 0.15) is 4.70 Å². The van der Waals surface area contributed by atoms with Crippen molar-refractivity contribution < 1.29 is 14.5 Å². The summed E-state index contributed by atoms with van der Waals surface area (Å²) in [6.07, 6.45) is 0.865. The maximum atomic E-state index is 10.7. The van der Waals surface area contributed by atoms with E-state index in [1.165, 1.54) is 26.4 Å². The normalized spacial score (nSPS) is 11.0. The number of carbonyl (C=O) groups is 1. The van der Waals surface area contributed by atoms with Crippen molar-refractivity contribution in [3.8, 4) is 11.1 Å². The van der Waals surface area contributed by atoms with E-state index in [-0.39, 0.29) is 6.42 Å². The summed E-state index contributed by atoms with van der Waals surface area (Å²) in [5.41, 5.74) is 3.58. The van der Waals surface area contributed by atoms with E-state index < -0.39 is 5.97 Å². The van der Waals surface area contributed by atoms with E-state index in [0.717, 1.165) is 6.54 Å². The monoisotopic (exact) mass is 312 g/mol. The van der Waals surface area contributed by atoms with Crippen molar-refractivity contribution in [2.45, 2.75) is 26.3 Å². The maximum Gasteiger partial charge on any atom is 0.303 e. The van der Waals surface area contributed by atoms with Crippen molar-refractivity contribution in [3.63, 3.8) is 0 Å². The molecule has 1 heterocycles. The van der Waals surface area contributed by atoms with E-state index in [4.69, 9.17) is 5.11 Å². The molecule has 0 unspecified atom stereocenters. The number of benzene rings is 2. The van der Waals surface area contributed by atoms with Gasteiger partial charge in [0.2, 0.25) is 10.5 Å². The second-order valence-corrected chi connectivity index (χ2v) is 6.55. The number of rotatable bonds is 5. The molecule has 3 nitrogen and oxygen atoms in total. The van der Waals surface area contributed by atoms with Crippen molar-refractivity contribution >= 4 is 27.5 Å². The van der Waals surface area contributed by atoms with Crippen molar-refractivity contribution in [2.75, 3.05) is 0 Å². The lowest BCUT2D eigenvalue weighted by atomic mass is 10.1. The molecule has 0 fully saturated rings. The molecule has 3 aromatic rings. The molecule has 2 aromatic carbocycles. The average Bonchev–Trinajstić information content (AvgIpc) is 2.83. The largest absolute Gasteiger partial charge is 0.481 e. The van der Waals surface area contributed by atoms with Gasteiger partial charge in [-0.15, -0.1) is 0 Å². The molecule has 1 aromatic heterocycles. The number of nitrogens with zero attached hydrogens (tertiary/aromatic N) is 1. The van der Waals surface area contributed by atoms with Gasteiger partial charge in [-0.3, -0.25) is 4.79 Å². The molecule has 0 spiro atoms. The van der Waals surface area contributed by atoms with E-state index in [2.05, 4.69) is 41.8 Å². The highest BCUT2D eigenvalue weighted by atomic mass is 32.1. The first kappa shape index (κ1) is 14.7. The number of hydrogen-bond donors (Lipinski definition) is 1. The summed E-state index contributed by atoms with van der Waals surface area (Å²) < 4.78 is 3.47. The molecule has 0 saturated carbocycles. The summed E-state index contributed by atoms with van der Waals surface area (Å²) in [6, 6.07) is 16.8. The van der Waals surface area contributed by atoms with E-state index in [1.54, 1.807) is 11.3 Å². The van der Waals surface area contributed by atoms with Crippen molar-refractivity contribution in [1.82, 2.24) is 0 Å². The van der Waals surface area contributed by atoms with Crippen LogP contribution in [0.5, 0.6) is 0 Å². The molecule has 4 heteroatoms. The minimum Gasteiger partial charge on any atom is -0.481 e. The fourth-order valence-corrected chi connectivity index (χ4v) is 3.70. The molecule has 0 bridgehead atoms. The molecule has 0 amide bonds. The Morgan fingerprint density at radius 2 is 1.91 bits per heavy atom. The van der Waals surface area contributed by atoms with Crippen LogP contribution >= 0.6 is 11.3 Å². The minimum absolute atomic E-state index is 0.210. The second kappa shape index (κ2) is 6.28. The quantitative estimate of drug-likeness (QED) is 0.723. The van der Waals surface area contributed by atoms with Gasteiger partial charge in [-0.1, -0.05) is 47.7 Å². The number of thiazole rings is 1. The molecule has 0 atom stereocenters. The molecule has 112 valence electrons. The van der Waals surface area contributed by atoms with Crippen LogP contribution in [0.3, 0.4) is 0 Å².